The van der Waals surface area contributed by atoms with Gasteiger partial charge in [-0.15, -0.1) is 0 Å². The number of ether oxygens (including phenoxy) is 1. The molecular formula is C12H17BrO. The maximum atomic E-state index is 5.93. The average Bonchev–Trinajstić information content (AvgIpc) is 2.18. The number of hydrogen-bond donors (Lipinski definition) is 0. The zero-order chi connectivity index (χ0) is 10.6. The summed E-state index contributed by atoms with van der Waals surface area (Å²) >= 11 is 3.45. The Balaban J connectivity index is 2.85. The minimum Gasteiger partial charge on any atom is -0.487 e. The first-order valence-corrected chi connectivity index (χ1v) is 6.04. The Morgan fingerprint density at radius 3 is 2.50 bits per heavy atom. The average molecular weight is 257 g/mol. The summed E-state index contributed by atoms with van der Waals surface area (Å²) in [5, 5.41) is 0.831. The molecular weight excluding hydrogens is 240 g/mol. The SMILES string of the molecule is CCc1ccccc1OC(C)(C)CBr. The maximum absolute atomic E-state index is 5.93. The molecule has 0 aliphatic heterocycles. The van der Waals surface area contributed by atoms with Crippen LogP contribution in [0, 0.1) is 0 Å². The van der Waals surface area contributed by atoms with E-state index in [4.69, 9.17) is 4.74 Å². The summed E-state index contributed by atoms with van der Waals surface area (Å²) in [6.45, 7) is 6.30. The smallest absolute Gasteiger partial charge is 0.123 e. The third-order valence-electron chi connectivity index (χ3n) is 2.06. The van der Waals surface area contributed by atoms with Crippen molar-refractivity contribution in [2.75, 3.05) is 5.33 Å². The van der Waals surface area contributed by atoms with Crippen LogP contribution in [0.4, 0.5) is 0 Å². The Kier molecular flexibility index (Phi) is 3.99. The van der Waals surface area contributed by atoms with Crippen molar-refractivity contribution < 1.29 is 4.74 Å². The largest absolute Gasteiger partial charge is 0.487 e. The van der Waals surface area contributed by atoms with Crippen molar-refractivity contribution >= 4 is 15.9 Å². The van der Waals surface area contributed by atoms with Crippen LogP contribution in [0.2, 0.25) is 0 Å². The van der Waals surface area contributed by atoms with Gasteiger partial charge in [-0.05, 0) is 31.9 Å². The van der Waals surface area contributed by atoms with Crippen LogP contribution in [0.25, 0.3) is 0 Å². The van der Waals surface area contributed by atoms with Crippen LogP contribution in [-0.2, 0) is 6.42 Å². The summed E-state index contributed by atoms with van der Waals surface area (Å²) in [6.07, 6.45) is 1.01. The van der Waals surface area contributed by atoms with Crippen LogP contribution in [0.1, 0.15) is 26.3 Å². The standard InChI is InChI=1S/C12H17BrO/c1-4-10-7-5-6-8-11(10)14-12(2,3)9-13/h5-8H,4,9H2,1-3H3. The summed E-state index contributed by atoms with van der Waals surface area (Å²) in [6, 6.07) is 8.20. The van der Waals surface area contributed by atoms with Crippen molar-refractivity contribution in [1.82, 2.24) is 0 Å². The number of alkyl halides is 1. The van der Waals surface area contributed by atoms with Gasteiger partial charge in [-0.1, -0.05) is 41.1 Å². The molecule has 2 heteroatoms. The summed E-state index contributed by atoms with van der Waals surface area (Å²) < 4.78 is 5.93. The minimum atomic E-state index is -0.148. The molecule has 0 bridgehead atoms. The highest BCUT2D eigenvalue weighted by Gasteiger charge is 2.18. The van der Waals surface area contributed by atoms with Crippen LogP contribution in [0.5, 0.6) is 5.75 Å². The molecule has 0 saturated carbocycles. The highest BCUT2D eigenvalue weighted by Crippen LogP contribution is 2.24. The van der Waals surface area contributed by atoms with Crippen molar-refractivity contribution in [3.05, 3.63) is 29.8 Å². The molecule has 0 unspecified atom stereocenters. The van der Waals surface area contributed by atoms with Gasteiger partial charge in [0.05, 0.1) is 0 Å². The topological polar surface area (TPSA) is 9.23 Å². The van der Waals surface area contributed by atoms with Crippen LogP contribution >= 0.6 is 15.9 Å². The molecule has 0 heterocycles. The molecule has 0 N–H and O–H groups in total. The lowest BCUT2D eigenvalue weighted by atomic mass is 10.1. The van der Waals surface area contributed by atoms with Gasteiger partial charge in [0.25, 0.3) is 0 Å². The van der Waals surface area contributed by atoms with E-state index < -0.39 is 0 Å². The van der Waals surface area contributed by atoms with Gasteiger partial charge in [0.15, 0.2) is 0 Å². The normalized spacial score (nSPS) is 11.4. The quantitative estimate of drug-likeness (QED) is 0.745. The Bertz CT molecular complexity index is 294. The van der Waals surface area contributed by atoms with Crippen LogP contribution in [-0.4, -0.2) is 10.9 Å². The molecule has 1 rings (SSSR count). The Labute approximate surface area is 94.6 Å². The number of rotatable bonds is 4. The number of para-hydroxylation sites is 1. The molecule has 1 aromatic rings. The summed E-state index contributed by atoms with van der Waals surface area (Å²) in [5.74, 6) is 0.999. The van der Waals surface area contributed by atoms with Gasteiger partial charge in [0.1, 0.15) is 11.4 Å². The molecule has 0 spiro atoms. The zero-order valence-corrected chi connectivity index (χ0v) is 10.6. The molecule has 0 radical (unpaired) electrons. The molecule has 0 aliphatic rings. The molecule has 1 aromatic carbocycles. The van der Waals surface area contributed by atoms with Crippen molar-refractivity contribution in [1.29, 1.82) is 0 Å². The number of benzene rings is 1. The van der Waals surface area contributed by atoms with E-state index in [9.17, 15) is 0 Å². The third-order valence-corrected chi connectivity index (χ3v) is 3.41. The lowest BCUT2D eigenvalue weighted by molar-refractivity contribution is 0.136. The van der Waals surface area contributed by atoms with Gasteiger partial charge in [0.2, 0.25) is 0 Å². The number of aryl methyl sites for hydroxylation is 1. The first-order valence-electron chi connectivity index (χ1n) is 4.92. The van der Waals surface area contributed by atoms with E-state index in [1.165, 1.54) is 5.56 Å². The highest BCUT2D eigenvalue weighted by molar-refractivity contribution is 9.09. The van der Waals surface area contributed by atoms with Gasteiger partial charge in [-0.25, -0.2) is 0 Å². The fourth-order valence-electron chi connectivity index (χ4n) is 1.22. The van der Waals surface area contributed by atoms with E-state index in [1.807, 2.05) is 18.2 Å². The first-order chi connectivity index (χ1) is 6.59. The molecule has 0 aliphatic carbocycles. The van der Waals surface area contributed by atoms with Crippen LogP contribution < -0.4 is 4.74 Å². The second-order valence-electron chi connectivity index (χ2n) is 3.96. The fourth-order valence-corrected chi connectivity index (χ4v) is 1.33. The zero-order valence-electron chi connectivity index (χ0n) is 9.01. The summed E-state index contributed by atoms with van der Waals surface area (Å²) in [5.41, 5.74) is 1.12. The van der Waals surface area contributed by atoms with Gasteiger partial charge < -0.3 is 4.74 Å². The Morgan fingerprint density at radius 2 is 1.93 bits per heavy atom. The Morgan fingerprint density at radius 1 is 1.29 bits per heavy atom. The van der Waals surface area contributed by atoms with Crippen LogP contribution in [0.15, 0.2) is 24.3 Å². The van der Waals surface area contributed by atoms with Gasteiger partial charge in [-0.2, -0.15) is 0 Å². The lowest BCUT2D eigenvalue weighted by Crippen LogP contribution is -2.30. The van der Waals surface area contributed by atoms with Gasteiger partial charge in [-0.3, -0.25) is 0 Å². The van der Waals surface area contributed by atoms with Crippen molar-refractivity contribution in [3.63, 3.8) is 0 Å². The van der Waals surface area contributed by atoms with Crippen molar-refractivity contribution in [2.24, 2.45) is 0 Å². The summed E-state index contributed by atoms with van der Waals surface area (Å²) in [7, 11) is 0. The van der Waals surface area contributed by atoms with Gasteiger partial charge in [0, 0.05) is 5.33 Å². The lowest BCUT2D eigenvalue weighted by Gasteiger charge is -2.25. The highest BCUT2D eigenvalue weighted by atomic mass is 79.9. The number of hydrogen-bond acceptors (Lipinski definition) is 1. The monoisotopic (exact) mass is 256 g/mol. The minimum absolute atomic E-state index is 0.148. The second kappa shape index (κ2) is 4.83. The van der Waals surface area contributed by atoms with Crippen molar-refractivity contribution in [3.8, 4) is 5.75 Å². The summed E-state index contributed by atoms with van der Waals surface area (Å²) in [4.78, 5) is 0. The molecule has 0 aromatic heterocycles. The number of halogens is 1. The molecule has 0 atom stereocenters. The fraction of sp³-hybridized carbons (Fsp3) is 0.500. The van der Waals surface area contributed by atoms with E-state index >= 15 is 0 Å². The molecule has 1 nitrogen and oxygen atoms in total. The van der Waals surface area contributed by atoms with Crippen molar-refractivity contribution in [2.45, 2.75) is 32.8 Å². The van der Waals surface area contributed by atoms with E-state index in [0.29, 0.717) is 0 Å². The first kappa shape index (κ1) is 11.6. The molecule has 0 amide bonds. The predicted octanol–water partition coefficient (Wildman–Crippen LogP) is 3.80. The van der Waals surface area contributed by atoms with Gasteiger partial charge >= 0.3 is 0 Å². The Hall–Kier alpha value is -0.500. The van der Waals surface area contributed by atoms with Crippen LogP contribution in [0.3, 0.4) is 0 Å². The van der Waals surface area contributed by atoms with E-state index in [2.05, 4.69) is 42.8 Å². The molecule has 0 fully saturated rings. The van der Waals surface area contributed by atoms with E-state index in [0.717, 1.165) is 17.5 Å². The third kappa shape index (κ3) is 3.02. The van der Waals surface area contributed by atoms with E-state index in [-0.39, 0.29) is 5.60 Å². The molecule has 14 heavy (non-hydrogen) atoms. The molecule has 78 valence electrons. The second-order valence-corrected chi connectivity index (χ2v) is 4.52. The molecule has 0 saturated heterocycles. The maximum Gasteiger partial charge on any atom is 0.123 e. The van der Waals surface area contributed by atoms with E-state index in [1.54, 1.807) is 0 Å². The predicted molar refractivity (Wildman–Crippen MR) is 64.3 cm³/mol.